The number of ether oxygens (including phenoxy) is 1. The summed E-state index contributed by atoms with van der Waals surface area (Å²) in [4.78, 5) is 6.84. The number of hydrogen-bond donors (Lipinski definition) is 1. The Hall–Kier alpha value is -0.610. The van der Waals surface area contributed by atoms with Crippen molar-refractivity contribution in [3.63, 3.8) is 0 Å². The molecule has 1 atom stereocenters. The first kappa shape index (κ1) is 12.8. The molecule has 0 amide bonds. The molecule has 98 valence electrons. The van der Waals surface area contributed by atoms with Crippen LogP contribution in [0.2, 0.25) is 0 Å². The number of nitrogens with zero attached hydrogens (tertiary/aromatic N) is 2. The van der Waals surface area contributed by atoms with Crippen molar-refractivity contribution in [3.8, 4) is 0 Å². The van der Waals surface area contributed by atoms with Gasteiger partial charge in [-0.15, -0.1) is 0 Å². The van der Waals surface area contributed by atoms with Gasteiger partial charge in [0.2, 0.25) is 0 Å². The summed E-state index contributed by atoms with van der Waals surface area (Å²) < 4.78 is 5.68. The molecule has 0 aromatic carbocycles. The highest BCUT2D eigenvalue weighted by atomic mass is 16.5. The lowest BCUT2D eigenvalue weighted by atomic mass is 9.88. The van der Waals surface area contributed by atoms with E-state index >= 15 is 0 Å². The van der Waals surface area contributed by atoms with Gasteiger partial charge in [-0.1, -0.05) is 19.3 Å². The second-order valence-electron chi connectivity index (χ2n) is 5.36. The van der Waals surface area contributed by atoms with Crippen LogP contribution in [-0.4, -0.2) is 50.1 Å². The minimum Gasteiger partial charge on any atom is -0.387 e. The minimum absolute atomic E-state index is 0.232. The molecule has 0 radical (unpaired) electrons. The predicted octanol–water partition coefficient (Wildman–Crippen LogP) is 1.25. The van der Waals surface area contributed by atoms with Crippen molar-refractivity contribution in [1.29, 1.82) is 0 Å². The van der Waals surface area contributed by atoms with Crippen LogP contribution in [-0.2, 0) is 4.74 Å². The van der Waals surface area contributed by atoms with Gasteiger partial charge in [0.1, 0.15) is 0 Å². The Balaban J connectivity index is 1.78. The first-order chi connectivity index (χ1) is 8.25. The average Bonchev–Trinajstić information content (AvgIpc) is 2.37. The van der Waals surface area contributed by atoms with Crippen molar-refractivity contribution in [2.45, 2.75) is 38.2 Å². The number of nitrogens with two attached hydrogens (primary N) is 1. The maximum atomic E-state index is 6.08. The Morgan fingerprint density at radius 1 is 1.35 bits per heavy atom. The third-order valence-electron chi connectivity index (χ3n) is 3.84. The molecule has 2 N–H and O–H groups in total. The third kappa shape index (κ3) is 3.96. The van der Waals surface area contributed by atoms with E-state index in [0.29, 0.717) is 5.92 Å². The highest BCUT2D eigenvalue weighted by Gasteiger charge is 2.19. The molecule has 1 unspecified atom stereocenters. The summed E-state index contributed by atoms with van der Waals surface area (Å²) in [5.74, 6) is 1.39. The van der Waals surface area contributed by atoms with Gasteiger partial charge in [0, 0.05) is 19.0 Å². The average molecular weight is 239 g/mol. The van der Waals surface area contributed by atoms with Gasteiger partial charge in [-0.25, -0.2) is 0 Å². The normalized spacial score (nSPS) is 29.5. The molecule has 0 aromatic rings. The molecule has 1 aliphatic carbocycles. The molecule has 1 saturated carbocycles. The zero-order valence-corrected chi connectivity index (χ0v) is 10.9. The zero-order valence-electron chi connectivity index (χ0n) is 10.9. The number of aliphatic imine (C=N–C) groups is 1. The van der Waals surface area contributed by atoms with E-state index in [1.54, 1.807) is 0 Å². The monoisotopic (exact) mass is 239 g/mol. The molecular formula is C13H25N3O. The van der Waals surface area contributed by atoms with Gasteiger partial charge in [-0.2, -0.15) is 0 Å². The Kier molecular flexibility index (Phi) is 4.80. The van der Waals surface area contributed by atoms with Crippen LogP contribution in [0, 0.1) is 5.92 Å². The van der Waals surface area contributed by atoms with Crippen LogP contribution < -0.4 is 5.73 Å². The van der Waals surface area contributed by atoms with Crippen LogP contribution in [0.1, 0.15) is 32.1 Å². The number of amidine groups is 1. The van der Waals surface area contributed by atoms with Crippen LogP contribution in [0.4, 0.5) is 0 Å². The molecule has 1 heterocycles. The molecule has 4 nitrogen and oxygen atoms in total. The smallest absolute Gasteiger partial charge is 0.0969 e. The SMILES string of the molecule is CN1CCOC(CN=C(N)C2CCCCC2)C1. The Morgan fingerprint density at radius 2 is 2.12 bits per heavy atom. The molecule has 0 aromatic heterocycles. The lowest BCUT2D eigenvalue weighted by Crippen LogP contribution is -2.41. The van der Waals surface area contributed by atoms with E-state index in [4.69, 9.17) is 10.5 Å². The van der Waals surface area contributed by atoms with Gasteiger partial charge in [0.05, 0.1) is 25.1 Å². The first-order valence-electron chi connectivity index (χ1n) is 6.85. The minimum atomic E-state index is 0.232. The lowest BCUT2D eigenvalue weighted by molar-refractivity contribution is -0.0136. The van der Waals surface area contributed by atoms with Crippen molar-refractivity contribution >= 4 is 5.84 Å². The summed E-state index contributed by atoms with van der Waals surface area (Å²) >= 11 is 0. The molecular weight excluding hydrogens is 214 g/mol. The van der Waals surface area contributed by atoms with Crippen molar-refractivity contribution in [3.05, 3.63) is 0 Å². The quantitative estimate of drug-likeness (QED) is 0.596. The molecule has 0 bridgehead atoms. The Bertz CT molecular complexity index is 261. The van der Waals surface area contributed by atoms with Gasteiger partial charge in [0.15, 0.2) is 0 Å². The van der Waals surface area contributed by atoms with E-state index in [1.165, 1.54) is 32.1 Å². The standard InChI is InChI=1S/C13H25N3O/c1-16-7-8-17-12(10-16)9-15-13(14)11-5-3-2-4-6-11/h11-12H,2-10H2,1H3,(H2,14,15). The van der Waals surface area contributed by atoms with Gasteiger partial charge < -0.3 is 15.4 Å². The number of likely N-dealkylation sites (N-methyl/N-ethyl adjacent to an activating group) is 1. The third-order valence-corrected chi connectivity index (χ3v) is 3.84. The molecule has 0 spiro atoms. The van der Waals surface area contributed by atoms with Crippen LogP contribution in [0.25, 0.3) is 0 Å². The van der Waals surface area contributed by atoms with Crippen LogP contribution in [0.5, 0.6) is 0 Å². The van der Waals surface area contributed by atoms with Crippen molar-refractivity contribution in [1.82, 2.24) is 4.90 Å². The molecule has 17 heavy (non-hydrogen) atoms. The fourth-order valence-corrected chi connectivity index (χ4v) is 2.71. The fourth-order valence-electron chi connectivity index (χ4n) is 2.71. The molecule has 1 aliphatic heterocycles. The largest absolute Gasteiger partial charge is 0.387 e. The van der Waals surface area contributed by atoms with E-state index in [9.17, 15) is 0 Å². The molecule has 1 saturated heterocycles. The van der Waals surface area contributed by atoms with E-state index < -0.39 is 0 Å². The van der Waals surface area contributed by atoms with Crippen molar-refractivity contribution in [2.75, 3.05) is 33.3 Å². The maximum absolute atomic E-state index is 6.08. The summed E-state index contributed by atoms with van der Waals surface area (Å²) in [5.41, 5.74) is 6.08. The lowest BCUT2D eigenvalue weighted by Gasteiger charge is -2.29. The predicted molar refractivity (Wildman–Crippen MR) is 70.3 cm³/mol. The van der Waals surface area contributed by atoms with E-state index in [2.05, 4.69) is 16.9 Å². The van der Waals surface area contributed by atoms with Gasteiger partial charge in [-0.05, 0) is 19.9 Å². The van der Waals surface area contributed by atoms with E-state index in [1.807, 2.05) is 0 Å². The molecule has 2 rings (SSSR count). The van der Waals surface area contributed by atoms with Gasteiger partial charge in [-0.3, -0.25) is 4.99 Å². The fraction of sp³-hybridized carbons (Fsp3) is 0.923. The van der Waals surface area contributed by atoms with Crippen molar-refractivity contribution < 1.29 is 4.74 Å². The summed E-state index contributed by atoms with van der Waals surface area (Å²) in [6.45, 7) is 3.55. The highest BCUT2D eigenvalue weighted by Crippen LogP contribution is 2.23. The first-order valence-corrected chi connectivity index (χ1v) is 6.85. The molecule has 4 heteroatoms. The zero-order chi connectivity index (χ0) is 12.1. The highest BCUT2D eigenvalue weighted by molar-refractivity contribution is 5.82. The summed E-state index contributed by atoms with van der Waals surface area (Å²) in [6.07, 6.45) is 6.66. The topological polar surface area (TPSA) is 50.8 Å². The second-order valence-corrected chi connectivity index (χ2v) is 5.36. The van der Waals surface area contributed by atoms with E-state index in [0.717, 1.165) is 32.1 Å². The summed E-state index contributed by atoms with van der Waals surface area (Å²) in [7, 11) is 2.13. The van der Waals surface area contributed by atoms with Crippen LogP contribution in [0.15, 0.2) is 4.99 Å². The van der Waals surface area contributed by atoms with Crippen LogP contribution in [0.3, 0.4) is 0 Å². The van der Waals surface area contributed by atoms with Crippen molar-refractivity contribution in [2.24, 2.45) is 16.6 Å². The number of morpholine rings is 1. The van der Waals surface area contributed by atoms with Crippen LogP contribution >= 0.6 is 0 Å². The van der Waals surface area contributed by atoms with E-state index in [-0.39, 0.29) is 6.10 Å². The second kappa shape index (κ2) is 6.36. The number of rotatable bonds is 3. The molecule has 2 aliphatic rings. The van der Waals surface area contributed by atoms with Gasteiger partial charge in [0.25, 0.3) is 0 Å². The maximum Gasteiger partial charge on any atom is 0.0969 e. The Morgan fingerprint density at radius 3 is 2.82 bits per heavy atom. The Labute approximate surface area is 104 Å². The number of hydrogen-bond acceptors (Lipinski definition) is 3. The molecule has 2 fully saturated rings. The van der Waals surface area contributed by atoms with Gasteiger partial charge >= 0.3 is 0 Å². The summed E-state index contributed by atoms with van der Waals surface area (Å²) in [5, 5.41) is 0. The summed E-state index contributed by atoms with van der Waals surface area (Å²) in [6, 6.07) is 0.